The molecule has 1 saturated heterocycles. The molecule has 0 aromatic heterocycles. The highest BCUT2D eigenvalue weighted by Gasteiger charge is 2.36. The number of nitrogens with zero attached hydrogens (tertiary/aromatic N) is 1. The van der Waals surface area contributed by atoms with Gasteiger partial charge < -0.3 is 0 Å². The minimum absolute atomic E-state index is 0.0530. The van der Waals surface area contributed by atoms with Crippen LogP contribution in [0, 0.1) is 11.6 Å². The molecule has 0 unspecified atom stereocenters. The van der Waals surface area contributed by atoms with Crippen LogP contribution >= 0.6 is 0 Å². The summed E-state index contributed by atoms with van der Waals surface area (Å²) in [6.07, 6.45) is 1.35. The van der Waals surface area contributed by atoms with Crippen LogP contribution in [-0.4, -0.2) is 19.3 Å². The van der Waals surface area contributed by atoms with Crippen LogP contribution in [-0.2, 0) is 10.0 Å². The number of sulfonamides is 1. The highest BCUT2D eigenvalue weighted by Crippen LogP contribution is 2.36. The Morgan fingerprint density at radius 2 is 1.73 bits per heavy atom. The van der Waals surface area contributed by atoms with Crippen molar-refractivity contribution in [2.45, 2.75) is 23.8 Å². The second-order valence-corrected chi connectivity index (χ2v) is 7.17. The minimum Gasteiger partial charge on any atom is -0.207 e. The van der Waals surface area contributed by atoms with Gasteiger partial charge >= 0.3 is 0 Å². The van der Waals surface area contributed by atoms with Gasteiger partial charge in [-0.05, 0) is 54.8 Å². The first-order valence-electron chi connectivity index (χ1n) is 7.01. The second kappa shape index (κ2) is 5.78. The van der Waals surface area contributed by atoms with E-state index in [1.165, 1.54) is 28.6 Å². The average molecular weight is 323 g/mol. The van der Waals surface area contributed by atoms with E-state index in [2.05, 4.69) is 0 Å². The van der Waals surface area contributed by atoms with Crippen molar-refractivity contribution in [1.29, 1.82) is 0 Å². The molecule has 0 bridgehead atoms. The number of hydrogen-bond acceptors (Lipinski definition) is 2. The van der Waals surface area contributed by atoms with Gasteiger partial charge in [-0.2, -0.15) is 4.31 Å². The van der Waals surface area contributed by atoms with E-state index in [4.69, 9.17) is 0 Å². The van der Waals surface area contributed by atoms with E-state index in [1.807, 2.05) is 0 Å². The van der Waals surface area contributed by atoms with E-state index in [-0.39, 0.29) is 16.8 Å². The van der Waals surface area contributed by atoms with E-state index < -0.39 is 15.8 Å². The third kappa shape index (κ3) is 2.76. The lowest BCUT2D eigenvalue weighted by Crippen LogP contribution is -2.30. The fraction of sp³-hybridized carbons (Fsp3) is 0.250. The van der Waals surface area contributed by atoms with Crippen LogP contribution in [0.1, 0.15) is 24.4 Å². The standard InChI is InChI=1S/C16H15F2NO2S/c17-13-6-8-15(9-7-13)22(20,21)19-10-2-5-16(19)12-3-1-4-14(18)11-12/h1,3-4,6-9,11,16H,2,5,10H2/t16-/m0/s1. The smallest absolute Gasteiger partial charge is 0.207 e. The van der Waals surface area contributed by atoms with E-state index in [9.17, 15) is 17.2 Å². The van der Waals surface area contributed by atoms with Crippen molar-refractivity contribution >= 4 is 10.0 Å². The molecule has 1 fully saturated rings. The summed E-state index contributed by atoms with van der Waals surface area (Å²) in [6, 6.07) is 10.4. The Kier molecular flexibility index (Phi) is 3.97. The van der Waals surface area contributed by atoms with Crippen molar-refractivity contribution in [3.05, 3.63) is 65.7 Å². The summed E-state index contributed by atoms with van der Waals surface area (Å²) in [5.41, 5.74) is 0.642. The number of halogens is 2. The minimum atomic E-state index is -3.72. The third-order valence-corrected chi connectivity index (χ3v) is 5.78. The first-order valence-corrected chi connectivity index (χ1v) is 8.45. The van der Waals surface area contributed by atoms with Gasteiger partial charge in [0.05, 0.1) is 10.9 Å². The highest BCUT2D eigenvalue weighted by atomic mass is 32.2. The zero-order valence-electron chi connectivity index (χ0n) is 11.7. The Balaban J connectivity index is 1.97. The molecule has 1 heterocycles. The Hall–Kier alpha value is -1.79. The van der Waals surface area contributed by atoms with E-state index in [0.29, 0.717) is 24.9 Å². The molecule has 0 amide bonds. The molecule has 1 aliphatic heterocycles. The monoisotopic (exact) mass is 323 g/mol. The summed E-state index contributed by atoms with van der Waals surface area (Å²) < 4.78 is 53.2. The molecule has 0 aliphatic carbocycles. The molecular weight excluding hydrogens is 308 g/mol. The SMILES string of the molecule is O=S(=O)(c1ccc(F)cc1)N1CCC[C@H]1c1cccc(F)c1. The summed E-state index contributed by atoms with van der Waals surface area (Å²) in [5.74, 6) is -0.870. The topological polar surface area (TPSA) is 37.4 Å². The first kappa shape index (κ1) is 15.1. The number of hydrogen-bond donors (Lipinski definition) is 0. The van der Waals surface area contributed by atoms with Crippen LogP contribution in [0.5, 0.6) is 0 Å². The first-order chi connectivity index (χ1) is 10.5. The molecule has 1 aliphatic rings. The lowest BCUT2D eigenvalue weighted by atomic mass is 10.1. The van der Waals surface area contributed by atoms with Crippen LogP contribution in [0.15, 0.2) is 53.4 Å². The summed E-state index contributed by atoms with van der Waals surface area (Å²) in [7, 11) is -3.72. The van der Waals surface area contributed by atoms with Crippen LogP contribution < -0.4 is 0 Å². The van der Waals surface area contributed by atoms with Gasteiger partial charge in [0.25, 0.3) is 0 Å². The predicted octanol–water partition coefficient (Wildman–Crippen LogP) is 3.49. The van der Waals surface area contributed by atoms with Crippen molar-refractivity contribution in [2.75, 3.05) is 6.54 Å². The maximum atomic E-state index is 13.4. The summed E-state index contributed by atoms with van der Waals surface area (Å²) in [4.78, 5) is 0.0530. The van der Waals surface area contributed by atoms with E-state index >= 15 is 0 Å². The Labute approximate surface area is 128 Å². The Bertz CT molecular complexity index is 775. The molecule has 116 valence electrons. The van der Waals surface area contributed by atoms with Crippen molar-refractivity contribution < 1.29 is 17.2 Å². The second-order valence-electron chi connectivity index (χ2n) is 5.28. The fourth-order valence-electron chi connectivity index (χ4n) is 2.82. The van der Waals surface area contributed by atoms with Crippen LogP contribution in [0.25, 0.3) is 0 Å². The Morgan fingerprint density at radius 1 is 1.00 bits per heavy atom. The highest BCUT2D eigenvalue weighted by molar-refractivity contribution is 7.89. The maximum Gasteiger partial charge on any atom is 0.243 e. The normalized spacial score (nSPS) is 19.5. The van der Waals surface area contributed by atoms with Gasteiger partial charge in [0.15, 0.2) is 0 Å². The molecule has 3 rings (SSSR count). The van der Waals surface area contributed by atoms with Gasteiger partial charge in [-0.1, -0.05) is 12.1 Å². The molecule has 6 heteroatoms. The zero-order valence-corrected chi connectivity index (χ0v) is 12.6. The predicted molar refractivity (Wildman–Crippen MR) is 78.7 cm³/mol. The van der Waals surface area contributed by atoms with Crippen LogP contribution in [0.3, 0.4) is 0 Å². The third-order valence-electron chi connectivity index (χ3n) is 3.86. The quantitative estimate of drug-likeness (QED) is 0.867. The van der Waals surface area contributed by atoms with Gasteiger partial charge in [0.2, 0.25) is 10.0 Å². The number of rotatable bonds is 3. The van der Waals surface area contributed by atoms with Crippen molar-refractivity contribution in [2.24, 2.45) is 0 Å². The summed E-state index contributed by atoms with van der Waals surface area (Å²) in [5, 5.41) is 0. The van der Waals surface area contributed by atoms with E-state index in [1.54, 1.807) is 12.1 Å². The van der Waals surface area contributed by atoms with Gasteiger partial charge in [-0.15, -0.1) is 0 Å². The lowest BCUT2D eigenvalue weighted by molar-refractivity contribution is 0.395. The maximum absolute atomic E-state index is 13.4. The molecule has 3 nitrogen and oxygen atoms in total. The molecule has 22 heavy (non-hydrogen) atoms. The van der Waals surface area contributed by atoms with Crippen LogP contribution in [0.4, 0.5) is 8.78 Å². The van der Waals surface area contributed by atoms with Crippen LogP contribution in [0.2, 0.25) is 0 Å². The molecular formula is C16H15F2NO2S. The summed E-state index contributed by atoms with van der Waals surface area (Å²) in [6.45, 7) is 0.376. The lowest BCUT2D eigenvalue weighted by Gasteiger charge is -2.24. The van der Waals surface area contributed by atoms with E-state index in [0.717, 1.165) is 12.1 Å². The van der Waals surface area contributed by atoms with Crippen molar-refractivity contribution in [1.82, 2.24) is 4.31 Å². The molecule has 0 N–H and O–H groups in total. The number of benzene rings is 2. The van der Waals surface area contributed by atoms with Crippen molar-refractivity contribution in [3.63, 3.8) is 0 Å². The molecule has 0 radical (unpaired) electrons. The van der Waals surface area contributed by atoms with Gasteiger partial charge in [-0.3, -0.25) is 0 Å². The van der Waals surface area contributed by atoms with Gasteiger partial charge in [0, 0.05) is 6.54 Å². The molecule has 0 spiro atoms. The summed E-state index contributed by atoms with van der Waals surface area (Å²) >= 11 is 0. The molecule has 1 atom stereocenters. The average Bonchev–Trinajstić information content (AvgIpc) is 2.98. The molecule has 2 aromatic carbocycles. The zero-order chi connectivity index (χ0) is 15.7. The molecule has 0 saturated carbocycles. The Morgan fingerprint density at radius 3 is 2.41 bits per heavy atom. The van der Waals surface area contributed by atoms with Gasteiger partial charge in [0.1, 0.15) is 11.6 Å². The van der Waals surface area contributed by atoms with Crippen molar-refractivity contribution in [3.8, 4) is 0 Å². The fourth-order valence-corrected chi connectivity index (χ4v) is 4.50. The van der Waals surface area contributed by atoms with Gasteiger partial charge in [-0.25, -0.2) is 17.2 Å². The largest absolute Gasteiger partial charge is 0.243 e. The molecule has 2 aromatic rings.